The maximum absolute atomic E-state index is 12.4. The third-order valence-electron chi connectivity index (χ3n) is 4.86. The SMILES string of the molecule is CCCn1cc(CNC(=O)N2CCCC3(CCNC3)C2)cn1.Cl. The molecule has 3 rings (SSSR count). The van der Waals surface area contributed by atoms with Crippen LogP contribution in [0.3, 0.4) is 0 Å². The molecule has 6 nitrogen and oxygen atoms in total. The Kier molecular flexibility index (Phi) is 6.30. The van der Waals surface area contributed by atoms with Crippen LogP contribution in [0.2, 0.25) is 0 Å². The van der Waals surface area contributed by atoms with Crippen LogP contribution in [0, 0.1) is 5.41 Å². The standard InChI is InChI=1S/C16H27N5O.ClH/c1-2-7-21-11-14(10-19-21)9-18-15(22)20-8-3-4-16(13-20)5-6-17-12-16;/h10-11,17H,2-9,12-13H2,1H3,(H,18,22);1H. The van der Waals surface area contributed by atoms with Gasteiger partial charge in [0.2, 0.25) is 0 Å². The summed E-state index contributed by atoms with van der Waals surface area (Å²) in [5, 5.41) is 10.8. The van der Waals surface area contributed by atoms with E-state index in [0.717, 1.165) is 51.1 Å². The molecule has 3 heterocycles. The first kappa shape index (κ1) is 18.1. The number of nitrogens with zero attached hydrogens (tertiary/aromatic N) is 3. The van der Waals surface area contributed by atoms with Crippen molar-refractivity contribution in [2.45, 2.75) is 45.7 Å². The van der Waals surface area contributed by atoms with Gasteiger partial charge >= 0.3 is 6.03 Å². The van der Waals surface area contributed by atoms with Gasteiger partial charge in [0.05, 0.1) is 6.20 Å². The van der Waals surface area contributed by atoms with E-state index in [1.165, 1.54) is 12.8 Å². The van der Waals surface area contributed by atoms with Crippen molar-refractivity contribution >= 4 is 18.4 Å². The number of rotatable bonds is 4. The normalized spacial score (nSPS) is 23.8. The largest absolute Gasteiger partial charge is 0.334 e. The summed E-state index contributed by atoms with van der Waals surface area (Å²) in [5.41, 5.74) is 1.39. The molecule has 0 saturated carbocycles. The zero-order valence-corrected chi connectivity index (χ0v) is 14.7. The minimum atomic E-state index is 0. The van der Waals surface area contributed by atoms with E-state index in [9.17, 15) is 4.79 Å². The molecule has 1 aromatic rings. The minimum Gasteiger partial charge on any atom is -0.334 e. The quantitative estimate of drug-likeness (QED) is 0.880. The predicted molar refractivity (Wildman–Crippen MR) is 92.7 cm³/mol. The first-order valence-electron chi connectivity index (χ1n) is 8.46. The molecule has 2 amide bonds. The number of halogens is 1. The van der Waals surface area contributed by atoms with E-state index in [-0.39, 0.29) is 18.4 Å². The maximum Gasteiger partial charge on any atom is 0.317 e. The van der Waals surface area contributed by atoms with Crippen molar-refractivity contribution in [1.29, 1.82) is 0 Å². The molecule has 0 aliphatic carbocycles. The average molecular weight is 342 g/mol. The molecule has 0 radical (unpaired) electrons. The van der Waals surface area contributed by atoms with Crippen molar-refractivity contribution in [3.63, 3.8) is 0 Å². The van der Waals surface area contributed by atoms with Crippen LogP contribution < -0.4 is 10.6 Å². The molecule has 23 heavy (non-hydrogen) atoms. The van der Waals surface area contributed by atoms with Gasteiger partial charge in [0, 0.05) is 49.9 Å². The van der Waals surface area contributed by atoms with Crippen LogP contribution in [0.1, 0.15) is 38.2 Å². The molecule has 2 saturated heterocycles. The van der Waals surface area contributed by atoms with E-state index in [0.29, 0.717) is 12.0 Å². The van der Waals surface area contributed by atoms with E-state index in [1.807, 2.05) is 22.0 Å². The Morgan fingerprint density at radius 3 is 3.09 bits per heavy atom. The third kappa shape index (κ3) is 4.38. The Labute approximate surface area is 144 Å². The van der Waals surface area contributed by atoms with Crippen LogP contribution in [-0.2, 0) is 13.1 Å². The third-order valence-corrected chi connectivity index (χ3v) is 4.86. The smallest absolute Gasteiger partial charge is 0.317 e. The number of hydrogen-bond donors (Lipinski definition) is 2. The molecule has 7 heteroatoms. The molecule has 2 N–H and O–H groups in total. The summed E-state index contributed by atoms with van der Waals surface area (Å²) in [4.78, 5) is 14.4. The number of carbonyl (C=O) groups excluding carboxylic acids is 1. The topological polar surface area (TPSA) is 62.2 Å². The van der Waals surface area contributed by atoms with E-state index in [4.69, 9.17) is 0 Å². The van der Waals surface area contributed by atoms with E-state index in [2.05, 4.69) is 22.7 Å². The Morgan fingerprint density at radius 1 is 1.48 bits per heavy atom. The minimum absolute atomic E-state index is 0. The highest BCUT2D eigenvalue weighted by atomic mass is 35.5. The van der Waals surface area contributed by atoms with Crippen molar-refractivity contribution in [2.75, 3.05) is 26.2 Å². The number of carbonyl (C=O) groups is 1. The monoisotopic (exact) mass is 341 g/mol. The Morgan fingerprint density at radius 2 is 2.35 bits per heavy atom. The molecule has 1 spiro atoms. The first-order chi connectivity index (χ1) is 10.7. The zero-order valence-electron chi connectivity index (χ0n) is 13.9. The van der Waals surface area contributed by atoms with Crippen molar-refractivity contribution < 1.29 is 4.79 Å². The van der Waals surface area contributed by atoms with Gasteiger partial charge in [-0.2, -0.15) is 5.10 Å². The number of hydrogen-bond acceptors (Lipinski definition) is 3. The van der Waals surface area contributed by atoms with Gasteiger partial charge in [-0.25, -0.2) is 4.79 Å². The fourth-order valence-corrected chi connectivity index (χ4v) is 3.66. The molecule has 2 fully saturated rings. The summed E-state index contributed by atoms with van der Waals surface area (Å²) in [6.45, 7) is 7.53. The van der Waals surface area contributed by atoms with Crippen LogP contribution in [0.15, 0.2) is 12.4 Å². The maximum atomic E-state index is 12.4. The number of amides is 2. The summed E-state index contributed by atoms with van der Waals surface area (Å²) in [6.07, 6.45) is 8.48. The van der Waals surface area contributed by atoms with Crippen LogP contribution in [0.25, 0.3) is 0 Å². The lowest BCUT2D eigenvalue weighted by Gasteiger charge is -2.39. The van der Waals surface area contributed by atoms with Gasteiger partial charge in [-0.3, -0.25) is 4.68 Å². The second kappa shape index (κ2) is 8.02. The molecule has 0 bridgehead atoms. The second-order valence-corrected chi connectivity index (χ2v) is 6.72. The van der Waals surface area contributed by atoms with Crippen LogP contribution in [-0.4, -0.2) is 46.9 Å². The van der Waals surface area contributed by atoms with Gasteiger partial charge in [-0.1, -0.05) is 6.92 Å². The van der Waals surface area contributed by atoms with Gasteiger partial charge in [0.15, 0.2) is 0 Å². The Hall–Kier alpha value is -1.27. The lowest BCUT2D eigenvalue weighted by atomic mass is 9.79. The van der Waals surface area contributed by atoms with E-state index in [1.54, 1.807) is 0 Å². The van der Waals surface area contributed by atoms with Crippen LogP contribution >= 0.6 is 12.4 Å². The molecule has 130 valence electrons. The van der Waals surface area contributed by atoms with Crippen molar-refractivity contribution in [2.24, 2.45) is 5.41 Å². The Balaban J connectivity index is 0.00000192. The number of aromatic nitrogens is 2. The highest BCUT2D eigenvalue weighted by molar-refractivity contribution is 5.85. The number of likely N-dealkylation sites (tertiary alicyclic amines) is 1. The van der Waals surface area contributed by atoms with Gasteiger partial charge in [-0.15, -0.1) is 12.4 Å². The predicted octanol–water partition coefficient (Wildman–Crippen LogP) is 2.00. The average Bonchev–Trinajstić information content (AvgIpc) is 3.15. The van der Waals surface area contributed by atoms with Crippen LogP contribution in [0.5, 0.6) is 0 Å². The molecule has 1 unspecified atom stereocenters. The lowest BCUT2D eigenvalue weighted by molar-refractivity contribution is 0.118. The molecule has 0 aromatic carbocycles. The van der Waals surface area contributed by atoms with Gasteiger partial charge in [0.25, 0.3) is 0 Å². The van der Waals surface area contributed by atoms with Crippen molar-refractivity contribution in [3.8, 4) is 0 Å². The van der Waals surface area contributed by atoms with Crippen molar-refractivity contribution in [1.82, 2.24) is 25.3 Å². The Bertz CT molecular complexity index is 512. The van der Waals surface area contributed by atoms with Gasteiger partial charge < -0.3 is 15.5 Å². The highest BCUT2D eigenvalue weighted by Gasteiger charge is 2.39. The number of urea groups is 1. The lowest BCUT2D eigenvalue weighted by Crippen LogP contribution is -2.50. The van der Waals surface area contributed by atoms with E-state index >= 15 is 0 Å². The number of nitrogens with one attached hydrogen (secondary N) is 2. The van der Waals surface area contributed by atoms with Crippen molar-refractivity contribution in [3.05, 3.63) is 18.0 Å². The molecule has 2 aliphatic heterocycles. The summed E-state index contributed by atoms with van der Waals surface area (Å²) in [6, 6.07) is 0.0641. The van der Waals surface area contributed by atoms with Crippen LogP contribution in [0.4, 0.5) is 4.79 Å². The molecular weight excluding hydrogens is 314 g/mol. The first-order valence-corrected chi connectivity index (χ1v) is 8.46. The fraction of sp³-hybridized carbons (Fsp3) is 0.750. The summed E-state index contributed by atoms with van der Waals surface area (Å²) in [7, 11) is 0. The summed E-state index contributed by atoms with van der Waals surface area (Å²) in [5.74, 6) is 0. The molecular formula is C16H28ClN5O. The summed E-state index contributed by atoms with van der Waals surface area (Å²) < 4.78 is 1.93. The van der Waals surface area contributed by atoms with E-state index < -0.39 is 0 Å². The second-order valence-electron chi connectivity index (χ2n) is 6.72. The fourth-order valence-electron chi connectivity index (χ4n) is 3.66. The van der Waals surface area contributed by atoms with Gasteiger partial charge in [0.1, 0.15) is 0 Å². The number of piperidine rings is 1. The molecule has 1 aromatic heterocycles. The molecule has 2 aliphatic rings. The highest BCUT2D eigenvalue weighted by Crippen LogP contribution is 2.35. The molecule has 1 atom stereocenters. The zero-order chi connectivity index (χ0) is 15.4. The summed E-state index contributed by atoms with van der Waals surface area (Å²) >= 11 is 0. The van der Waals surface area contributed by atoms with Gasteiger partial charge in [-0.05, 0) is 32.2 Å². The number of aryl methyl sites for hydroxylation is 1.